The quantitative estimate of drug-likeness (QED) is 0.659. The molecule has 25 heavy (non-hydrogen) atoms. The fourth-order valence-electron chi connectivity index (χ4n) is 5.74. The van der Waals surface area contributed by atoms with Crippen molar-refractivity contribution < 1.29 is 14.3 Å². The van der Waals surface area contributed by atoms with Crippen molar-refractivity contribution in [3.8, 4) is 0 Å². The first kappa shape index (κ1) is 16.6. The van der Waals surface area contributed by atoms with E-state index in [2.05, 4.69) is 5.32 Å². The Labute approximate surface area is 149 Å². The Kier molecular flexibility index (Phi) is 4.30. The van der Waals surface area contributed by atoms with Crippen LogP contribution >= 0.6 is 0 Å². The number of hydrogen-bond donors (Lipinski definition) is 1. The summed E-state index contributed by atoms with van der Waals surface area (Å²) in [4.78, 5) is 24.8. The second kappa shape index (κ2) is 6.47. The zero-order chi connectivity index (χ0) is 17.4. The highest BCUT2D eigenvalue weighted by molar-refractivity contribution is 5.89. The van der Waals surface area contributed by atoms with Gasteiger partial charge in [0, 0.05) is 5.41 Å². The first-order valence-corrected chi connectivity index (χ1v) is 9.56. The average molecular weight is 341 g/mol. The second-order valence-electron chi connectivity index (χ2n) is 8.46. The van der Waals surface area contributed by atoms with Gasteiger partial charge in [0.15, 0.2) is 0 Å². The number of nitrogens with one attached hydrogen (secondary N) is 1. The standard InChI is InChI=1S/C21H27NO3/c1-14-3-2-4-18(7-14)19(23)25-6-5-22-20(24)21-11-15-8-16(12-21)10-17(9-15)13-21/h2-4,7,15-17H,5-6,8-13H2,1H3,(H,22,24). The number of benzene rings is 1. The summed E-state index contributed by atoms with van der Waals surface area (Å²) in [5, 5.41) is 3.04. The van der Waals surface area contributed by atoms with Crippen molar-refractivity contribution in [2.75, 3.05) is 13.2 Å². The molecule has 1 amide bonds. The molecule has 0 radical (unpaired) electrons. The highest BCUT2D eigenvalue weighted by Crippen LogP contribution is 2.60. The minimum atomic E-state index is -0.326. The Balaban J connectivity index is 1.26. The highest BCUT2D eigenvalue weighted by Gasteiger charge is 2.54. The lowest BCUT2D eigenvalue weighted by atomic mass is 9.49. The van der Waals surface area contributed by atoms with E-state index >= 15 is 0 Å². The molecule has 0 atom stereocenters. The molecular weight excluding hydrogens is 314 g/mol. The summed E-state index contributed by atoms with van der Waals surface area (Å²) in [6.45, 7) is 2.57. The summed E-state index contributed by atoms with van der Waals surface area (Å²) in [6, 6.07) is 7.36. The molecule has 1 N–H and O–H groups in total. The molecule has 4 bridgehead atoms. The molecule has 0 heterocycles. The number of amides is 1. The van der Waals surface area contributed by atoms with Gasteiger partial charge in [-0.1, -0.05) is 17.7 Å². The van der Waals surface area contributed by atoms with E-state index in [1.807, 2.05) is 25.1 Å². The number of carbonyl (C=O) groups excluding carboxylic acids is 2. The number of carbonyl (C=O) groups is 2. The van der Waals surface area contributed by atoms with Crippen LogP contribution in [0, 0.1) is 30.1 Å². The van der Waals surface area contributed by atoms with Crippen molar-refractivity contribution in [1.82, 2.24) is 5.32 Å². The number of rotatable bonds is 5. The minimum absolute atomic E-state index is 0.130. The molecule has 5 rings (SSSR count). The molecule has 134 valence electrons. The van der Waals surface area contributed by atoms with Crippen molar-refractivity contribution in [3.05, 3.63) is 35.4 Å². The Morgan fingerprint density at radius 1 is 1.12 bits per heavy atom. The van der Waals surface area contributed by atoms with E-state index in [1.165, 1.54) is 19.3 Å². The van der Waals surface area contributed by atoms with Crippen LogP contribution in [0.5, 0.6) is 0 Å². The largest absolute Gasteiger partial charge is 0.460 e. The zero-order valence-corrected chi connectivity index (χ0v) is 14.9. The van der Waals surface area contributed by atoms with Gasteiger partial charge in [-0.05, 0) is 75.3 Å². The van der Waals surface area contributed by atoms with Gasteiger partial charge in [-0.25, -0.2) is 4.79 Å². The van der Waals surface area contributed by atoms with Crippen LogP contribution < -0.4 is 5.32 Å². The number of ether oxygens (including phenoxy) is 1. The topological polar surface area (TPSA) is 55.4 Å². The summed E-state index contributed by atoms with van der Waals surface area (Å²) < 4.78 is 5.30. The summed E-state index contributed by atoms with van der Waals surface area (Å²) in [5.41, 5.74) is 1.46. The van der Waals surface area contributed by atoms with Crippen LogP contribution in [0.2, 0.25) is 0 Å². The molecule has 4 aliphatic rings. The van der Waals surface area contributed by atoms with E-state index in [0.29, 0.717) is 12.1 Å². The van der Waals surface area contributed by atoms with Crippen LogP contribution in [0.25, 0.3) is 0 Å². The van der Waals surface area contributed by atoms with Crippen LogP contribution in [0.3, 0.4) is 0 Å². The van der Waals surface area contributed by atoms with Crippen molar-refractivity contribution in [2.45, 2.75) is 45.4 Å². The predicted molar refractivity (Wildman–Crippen MR) is 95.1 cm³/mol. The minimum Gasteiger partial charge on any atom is -0.460 e. The van der Waals surface area contributed by atoms with Crippen LogP contribution in [-0.4, -0.2) is 25.0 Å². The summed E-state index contributed by atoms with van der Waals surface area (Å²) in [6.07, 6.45) is 7.19. The summed E-state index contributed by atoms with van der Waals surface area (Å²) >= 11 is 0. The maximum Gasteiger partial charge on any atom is 0.338 e. The van der Waals surface area contributed by atoms with Crippen LogP contribution in [0.4, 0.5) is 0 Å². The molecular formula is C21H27NO3. The predicted octanol–water partition coefficient (Wildman–Crippen LogP) is 3.48. The Hall–Kier alpha value is -1.84. The van der Waals surface area contributed by atoms with Gasteiger partial charge in [0.25, 0.3) is 0 Å². The fourth-order valence-corrected chi connectivity index (χ4v) is 5.74. The molecule has 4 nitrogen and oxygen atoms in total. The molecule has 1 aromatic rings. The third kappa shape index (κ3) is 3.31. The fraction of sp³-hybridized carbons (Fsp3) is 0.619. The molecule has 4 fully saturated rings. The normalized spacial score (nSPS) is 32.4. The van der Waals surface area contributed by atoms with E-state index < -0.39 is 0 Å². The van der Waals surface area contributed by atoms with Gasteiger partial charge in [0.05, 0.1) is 12.1 Å². The lowest BCUT2D eigenvalue weighted by Gasteiger charge is -2.55. The molecule has 0 saturated heterocycles. The molecule has 0 unspecified atom stereocenters. The Morgan fingerprint density at radius 3 is 2.36 bits per heavy atom. The summed E-state index contributed by atoms with van der Waals surface area (Å²) in [5.74, 6) is 2.15. The van der Waals surface area contributed by atoms with E-state index in [1.54, 1.807) is 6.07 Å². The molecule has 4 heteroatoms. The number of aryl methyl sites for hydroxylation is 1. The molecule has 0 aromatic heterocycles. The van der Waals surface area contributed by atoms with Gasteiger partial charge in [-0.3, -0.25) is 4.79 Å². The van der Waals surface area contributed by atoms with E-state index in [4.69, 9.17) is 4.74 Å². The summed E-state index contributed by atoms with van der Waals surface area (Å²) in [7, 11) is 0. The Bertz CT molecular complexity index is 646. The van der Waals surface area contributed by atoms with Gasteiger partial charge >= 0.3 is 5.97 Å². The van der Waals surface area contributed by atoms with E-state index in [0.717, 1.165) is 42.6 Å². The molecule has 4 saturated carbocycles. The van der Waals surface area contributed by atoms with Crippen molar-refractivity contribution in [1.29, 1.82) is 0 Å². The second-order valence-corrected chi connectivity index (χ2v) is 8.46. The average Bonchev–Trinajstić information content (AvgIpc) is 2.57. The van der Waals surface area contributed by atoms with Gasteiger partial charge in [-0.2, -0.15) is 0 Å². The number of esters is 1. The smallest absolute Gasteiger partial charge is 0.338 e. The van der Waals surface area contributed by atoms with Gasteiger partial charge in [-0.15, -0.1) is 0 Å². The van der Waals surface area contributed by atoms with Crippen molar-refractivity contribution >= 4 is 11.9 Å². The first-order valence-electron chi connectivity index (χ1n) is 9.56. The third-order valence-corrected chi connectivity index (χ3v) is 6.39. The third-order valence-electron chi connectivity index (χ3n) is 6.39. The lowest BCUT2D eigenvalue weighted by molar-refractivity contribution is -0.146. The SMILES string of the molecule is Cc1cccc(C(=O)OCCNC(=O)C23CC4CC(CC(C4)C2)C3)c1. The van der Waals surface area contributed by atoms with E-state index in [-0.39, 0.29) is 23.9 Å². The monoisotopic (exact) mass is 341 g/mol. The van der Waals surface area contributed by atoms with E-state index in [9.17, 15) is 9.59 Å². The maximum absolute atomic E-state index is 12.8. The van der Waals surface area contributed by atoms with Gasteiger partial charge in [0.2, 0.25) is 5.91 Å². The first-order chi connectivity index (χ1) is 12.0. The molecule has 1 aromatic carbocycles. The van der Waals surface area contributed by atoms with Crippen molar-refractivity contribution in [2.24, 2.45) is 23.2 Å². The van der Waals surface area contributed by atoms with Crippen LogP contribution in [0.15, 0.2) is 24.3 Å². The van der Waals surface area contributed by atoms with Gasteiger partial charge in [0.1, 0.15) is 6.61 Å². The maximum atomic E-state index is 12.8. The lowest BCUT2D eigenvalue weighted by Crippen LogP contribution is -2.54. The zero-order valence-electron chi connectivity index (χ0n) is 14.9. The van der Waals surface area contributed by atoms with Crippen LogP contribution in [0.1, 0.15) is 54.4 Å². The van der Waals surface area contributed by atoms with Gasteiger partial charge < -0.3 is 10.1 Å². The van der Waals surface area contributed by atoms with Crippen LogP contribution in [-0.2, 0) is 9.53 Å². The highest BCUT2D eigenvalue weighted by atomic mass is 16.5. The Morgan fingerprint density at radius 2 is 1.76 bits per heavy atom. The molecule has 4 aliphatic carbocycles. The molecule has 0 spiro atoms. The molecule has 0 aliphatic heterocycles. The van der Waals surface area contributed by atoms with Crippen molar-refractivity contribution in [3.63, 3.8) is 0 Å². The number of hydrogen-bond acceptors (Lipinski definition) is 3.